The molecule has 1 amide bonds. The fourth-order valence-electron chi connectivity index (χ4n) is 2.74. The van der Waals surface area contributed by atoms with Crippen molar-refractivity contribution in [2.45, 2.75) is 26.9 Å². The zero-order valence-electron chi connectivity index (χ0n) is 16.9. The number of ether oxygens (including phenoxy) is 1. The zero-order valence-corrected chi connectivity index (χ0v) is 16.9. The first-order valence-corrected chi connectivity index (χ1v) is 9.88. The maximum Gasteiger partial charge on any atom is 0.274 e. The van der Waals surface area contributed by atoms with E-state index in [1.165, 1.54) is 0 Å². The Morgan fingerprint density at radius 3 is 2.48 bits per heavy atom. The van der Waals surface area contributed by atoms with Gasteiger partial charge in [0, 0.05) is 24.1 Å². The van der Waals surface area contributed by atoms with E-state index >= 15 is 0 Å². The first-order valence-electron chi connectivity index (χ1n) is 9.88. The van der Waals surface area contributed by atoms with Gasteiger partial charge in [0.2, 0.25) is 0 Å². The molecule has 3 aromatic rings. The molecule has 0 aliphatic carbocycles. The van der Waals surface area contributed by atoms with Gasteiger partial charge < -0.3 is 15.4 Å². The second-order valence-electron chi connectivity index (χ2n) is 7.29. The van der Waals surface area contributed by atoms with E-state index < -0.39 is 0 Å². The van der Waals surface area contributed by atoms with Crippen molar-refractivity contribution in [1.29, 1.82) is 0 Å². The summed E-state index contributed by atoms with van der Waals surface area (Å²) in [4.78, 5) is 16.7. The molecule has 0 saturated carbocycles. The molecule has 1 heterocycles. The summed E-state index contributed by atoms with van der Waals surface area (Å²) in [6.07, 6.45) is 2.72. The Hall–Kier alpha value is -3.34. The molecule has 0 saturated heterocycles. The first-order chi connectivity index (χ1) is 14.1. The summed E-state index contributed by atoms with van der Waals surface area (Å²) in [5, 5.41) is 6.21. The van der Waals surface area contributed by atoms with Crippen molar-refractivity contribution in [3.63, 3.8) is 0 Å². The molecule has 3 rings (SSSR count). The maximum atomic E-state index is 12.5. The predicted octanol–water partition coefficient (Wildman–Crippen LogP) is 5.37. The summed E-state index contributed by atoms with van der Waals surface area (Å²) < 4.78 is 5.77. The lowest BCUT2D eigenvalue weighted by Gasteiger charge is -2.10. The molecule has 29 heavy (non-hydrogen) atoms. The quantitative estimate of drug-likeness (QED) is 0.516. The number of pyridine rings is 1. The van der Waals surface area contributed by atoms with Gasteiger partial charge in [-0.15, -0.1) is 0 Å². The molecule has 0 spiro atoms. The molecule has 0 fully saturated rings. The van der Waals surface area contributed by atoms with E-state index in [9.17, 15) is 4.79 Å². The van der Waals surface area contributed by atoms with Crippen molar-refractivity contribution in [2.24, 2.45) is 5.92 Å². The van der Waals surface area contributed by atoms with E-state index in [4.69, 9.17) is 4.74 Å². The minimum atomic E-state index is -0.240. The lowest BCUT2D eigenvalue weighted by atomic mass is 10.1. The number of anilines is 2. The van der Waals surface area contributed by atoms with Crippen molar-refractivity contribution in [3.05, 3.63) is 84.2 Å². The Balaban J connectivity index is 1.53. The molecule has 0 atom stereocenters. The highest BCUT2D eigenvalue weighted by molar-refractivity contribution is 6.03. The minimum Gasteiger partial charge on any atom is -0.489 e. The third-order valence-electron chi connectivity index (χ3n) is 4.40. The largest absolute Gasteiger partial charge is 0.489 e. The topological polar surface area (TPSA) is 63.2 Å². The van der Waals surface area contributed by atoms with Crippen molar-refractivity contribution < 1.29 is 9.53 Å². The van der Waals surface area contributed by atoms with E-state index in [0.29, 0.717) is 23.9 Å². The van der Waals surface area contributed by atoms with Crippen LogP contribution in [0.4, 0.5) is 11.4 Å². The Labute approximate surface area is 172 Å². The van der Waals surface area contributed by atoms with Gasteiger partial charge in [0.15, 0.2) is 0 Å². The highest BCUT2D eigenvalue weighted by atomic mass is 16.5. The number of carbonyl (C=O) groups excluding carboxylic acids is 1. The monoisotopic (exact) mass is 389 g/mol. The summed E-state index contributed by atoms with van der Waals surface area (Å²) >= 11 is 0. The Bertz CT molecular complexity index is 909. The highest BCUT2D eigenvalue weighted by Gasteiger charge is 2.09. The maximum absolute atomic E-state index is 12.5. The molecule has 0 bridgehead atoms. The highest BCUT2D eigenvalue weighted by Crippen LogP contribution is 2.18. The summed E-state index contributed by atoms with van der Waals surface area (Å²) in [6.45, 7) is 5.75. The van der Waals surface area contributed by atoms with Gasteiger partial charge in [0.1, 0.15) is 18.1 Å². The summed E-state index contributed by atoms with van der Waals surface area (Å²) in [7, 11) is 0. The van der Waals surface area contributed by atoms with Gasteiger partial charge in [-0.1, -0.05) is 44.2 Å². The van der Waals surface area contributed by atoms with Gasteiger partial charge >= 0.3 is 0 Å². The molecule has 0 aliphatic rings. The first kappa shape index (κ1) is 20.4. The molecular weight excluding hydrogens is 362 g/mol. The molecule has 5 nitrogen and oxygen atoms in total. The van der Waals surface area contributed by atoms with Crippen molar-refractivity contribution in [2.75, 3.05) is 17.2 Å². The molecule has 2 aromatic carbocycles. The van der Waals surface area contributed by atoms with E-state index in [0.717, 1.165) is 30.0 Å². The summed E-state index contributed by atoms with van der Waals surface area (Å²) in [5.74, 6) is 1.14. The van der Waals surface area contributed by atoms with Crippen molar-refractivity contribution in [1.82, 2.24) is 4.98 Å². The van der Waals surface area contributed by atoms with Crippen LogP contribution in [-0.4, -0.2) is 17.4 Å². The fraction of sp³-hybridized carbons (Fsp3) is 0.250. The number of hydrogen-bond acceptors (Lipinski definition) is 4. The van der Waals surface area contributed by atoms with Crippen LogP contribution in [-0.2, 0) is 6.61 Å². The van der Waals surface area contributed by atoms with Crippen molar-refractivity contribution in [3.8, 4) is 5.75 Å². The van der Waals surface area contributed by atoms with E-state index in [1.807, 2.05) is 60.7 Å². The summed E-state index contributed by atoms with van der Waals surface area (Å²) in [6, 6.07) is 21.0. The molecule has 5 heteroatoms. The average Bonchev–Trinajstić information content (AvgIpc) is 2.74. The standard InChI is InChI=1S/C24H27N3O2/c1-18(2)12-14-25-21-13-15-26-23(16-21)24(28)27-20-8-10-22(11-9-20)29-17-19-6-4-3-5-7-19/h3-11,13,15-16,18H,12,14,17H2,1-2H3,(H,25,26)(H,27,28). The SMILES string of the molecule is CC(C)CCNc1ccnc(C(=O)Nc2ccc(OCc3ccccc3)cc2)c1. The lowest BCUT2D eigenvalue weighted by Crippen LogP contribution is -2.14. The van der Waals surface area contributed by atoms with Gasteiger partial charge in [-0.05, 0) is 54.3 Å². The average molecular weight is 389 g/mol. The van der Waals surface area contributed by atoms with Gasteiger partial charge in [-0.3, -0.25) is 9.78 Å². The van der Waals surface area contributed by atoms with Gasteiger partial charge in [-0.2, -0.15) is 0 Å². The van der Waals surface area contributed by atoms with Crippen LogP contribution in [0, 0.1) is 5.92 Å². The molecule has 0 radical (unpaired) electrons. The number of nitrogens with zero attached hydrogens (tertiary/aromatic N) is 1. The van der Waals surface area contributed by atoms with Crippen LogP contribution in [0.3, 0.4) is 0 Å². The fourth-order valence-corrected chi connectivity index (χ4v) is 2.74. The normalized spacial score (nSPS) is 10.6. The number of nitrogens with one attached hydrogen (secondary N) is 2. The Morgan fingerprint density at radius 2 is 1.76 bits per heavy atom. The molecule has 2 N–H and O–H groups in total. The molecule has 1 aromatic heterocycles. The minimum absolute atomic E-state index is 0.240. The smallest absolute Gasteiger partial charge is 0.274 e. The van der Waals surface area contributed by atoms with Crippen LogP contribution >= 0.6 is 0 Å². The molecule has 0 unspecified atom stereocenters. The second kappa shape index (κ2) is 10.3. The van der Waals surface area contributed by atoms with Crippen LogP contribution in [0.5, 0.6) is 5.75 Å². The number of carbonyl (C=O) groups is 1. The van der Waals surface area contributed by atoms with E-state index in [-0.39, 0.29) is 5.91 Å². The van der Waals surface area contributed by atoms with Crippen LogP contribution in [0.25, 0.3) is 0 Å². The molecule has 0 aliphatic heterocycles. The van der Waals surface area contributed by atoms with Gasteiger partial charge in [0.25, 0.3) is 5.91 Å². The number of rotatable bonds is 9. The van der Waals surface area contributed by atoms with Crippen LogP contribution in [0.2, 0.25) is 0 Å². The number of amides is 1. The van der Waals surface area contributed by atoms with Crippen LogP contribution in [0.15, 0.2) is 72.9 Å². The molecule has 150 valence electrons. The Morgan fingerprint density at radius 1 is 1.00 bits per heavy atom. The number of hydrogen-bond donors (Lipinski definition) is 2. The lowest BCUT2D eigenvalue weighted by molar-refractivity contribution is 0.102. The molecular formula is C24H27N3O2. The van der Waals surface area contributed by atoms with Gasteiger partial charge in [-0.25, -0.2) is 0 Å². The summed E-state index contributed by atoms with van der Waals surface area (Å²) in [5.41, 5.74) is 3.08. The van der Waals surface area contributed by atoms with Crippen LogP contribution in [0.1, 0.15) is 36.3 Å². The third-order valence-corrected chi connectivity index (χ3v) is 4.40. The Kier molecular flexibility index (Phi) is 7.22. The number of benzene rings is 2. The van der Waals surface area contributed by atoms with Crippen molar-refractivity contribution >= 4 is 17.3 Å². The predicted molar refractivity (Wildman–Crippen MR) is 117 cm³/mol. The van der Waals surface area contributed by atoms with E-state index in [2.05, 4.69) is 29.5 Å². The van der Waals surface area contributed by atoms with E-state index in [1.54, 1.807) is 12.3 Å². The zero-order chi connectivity index (χ0) is 20.5. The third kappa shape index (κ3) is 6.64. The second-order valence-corrected chi connectivity index (χ2v) is 7.29. The van der Waals surface area contributed by atoms with Crippen LogP contribution < -0.4 is 15.4 Å². The van der Waals surface area contributed by atoms with Gasteiger partial charge in [0.05, 0.1) is 0 Å². The number of aromatic nitrogens is 1.